The van der Waals surface area contributed by atoms with Gasteiger partial charge in [0.1, 0.15) is 5.82 Å². The van der Waals surface area contributed by atoms with Gasteiger partial charge in [0, 0.05) is 38.1 Å². The number of carbonyl (C=O) groups excluding carboxylic acids is 2. The minimum atomic E-state index is -5.03. The van der Waals surface area contributed by atoms with Crippen LogP contribution in [0.3, 0.4) is 0 Å². The van der Waals surface area contributed by atoms with Crippen LogP contribution in [-0.2, 0) is 17.1 Å². The molecule has 0 bridgehead atoms. The zero-order valence-corrected chi connectivity index (χ0v) is 23.2. The molecule has 0 aromatic heterocycles. The number of amides is 2. The Balaban J connectivity index is 1.64. The fourth-order valence-electron chi connectivity index (χ4n) is 5.94. The van der Waals surface area contributed by atoms with Gasteiger partial charge in [-0.05, 0) is 86.7 Å². The van der Waals surface area contributed by atoms with Crippen molar-refractivity contribution in [3.8, 4) is 0 Å². The molecule has 6 nitrogen and oxygen atoms in total. The van der Waals surface area contributed by atoms with E-state index in [0.717, 1.165) is 4.90 Å². The van der Waals surface area contributed by atoms with E-state index in [4.69, 9.17) is 0 Å². The minimum Gasteiger partial charge on any atom is -0.550 e. The van der Waals surface area contributed by atoms with Gasteiger partial charge < -0.3 is 19.7 Å². The van der Waals surface area contributed by atoms with Crippen LogP contribution < -0.4 is 5.11 Å². The number of carbonyl (C=O) groups is 2. The highest BCUT2D eigenvalue weighted by molar-refractivity contribution is 5.75. The predicted octanol–water partition coefficient (Wildman–Crippen LogP) is 5.56. The molecule has 2 fully saturated rings. The highest BCUT2D eigenvalue weighted by Gasteiger charge is 2.41. The number of rotatable bonds is 5. The number of carboxylic acid groups (broad SMARTS) is 1. The van der Waals surface area contributed by atoms with Crippen LogP contribution in [0.2, 0.25) is 0 Å². The summed E-state index contributed by atoms with van der Waals surface area (Å²) < 4.78 is 94.7. The molecule has 3 unspecified atom stereocenters. The Kier molecular flexibility index (Phi) is 8.82. The molecular weight excluding hydrogens is 571 g/mol. The van der Waals surface area contributed by atoms with Crippen LogP contribution >= 0.6 is 0 Å². The fraction of sp³-hybridized carbons (Fsp3) is 0.517. The fourth-order valence-corrected chi connectivity index (χ4v) is 5.94. The molecule has 0 spiro atoms. The first-order valence-corrected chi connectivity index (χ1v) is 13.5. The van der Waals surface area contributed by atoms with Crippen molar-refractivity contribution in [3.63, 3.8) is 0 Å². The molecule has 0 radical (unpaired) electrons. The lowest BCUT2D eigenvalue weighted by molar-refractivity contribution is -0.311. The third kappa shape index (κ3) is 6.66. The van der Waals surface area contributed by atoms with Crippen molar-refractivity contribution in [2.75, 3.05) is 26.7 Å². The lowest BCUT2D eigenvalue weighted by Crippen LogP contribution is -2.51. The second kappa shape index (κ2) is 11.7. The third-order valence-electron chi connectivity index (χ3n) is 8.46. The van der Waals surface area contributed by atoms with Gasteiger partial charge in [-0.15, -0.1) is 0 Å². The molecule has 2 aliphatic heterocycles. The van der Waals surface area contributed by atoms with Crippen LogP contribution in [0.15, 0.2) is 36.4 Å². The van der Waals surface area contributed by atoms with Crippen LogP contribution in [0, 0.1) is 18.7 Å². The van der Waals surface area contributed by atoms with E-state index < -0.39 is 59.3 Å². The Morgan fingerprint density at radius 3 is 2.12 bits per heavy atom. The minimum absolute atomic E-state index is 0.0412. The lowest BCUT2D eigenvalue weighted by Gasteiger charge is -2.45. The molecule has 0 N–H and O–H groups in total. The molecule has 42 heavy (non-hydrogen) atoms. The van der Waals surface area contributed by atoms with E-state index >= 15 is 0 Å². The van der Waals surface area contributed by atoms with Gasteiger partial charge in [-0.3, -0.25) is 4.90 Å². The number of alkyl halides is 6. The monoisotopic (exact) mass is 602 g/mol. The van der Waals surface area contributed by atoms with Crippen molar-refractivity contribution in [1.82, 2.24) is 14.7 Å². The van der Waals surface area contributed by atoms with Gasteiger partial charge in [-0.1, -0.05) is 6.07 Å². The largest absolute Gasteiger partial charge is 0.550 e. The van der Waals surface area contributed by atoms with Crippen molar-refractivity contribution < 1.29 is 45.4 Å². The average molecular weight is 603 g/mol. The number of aliphatic carboxylic acids is 1. The van der Waals surface area contributed by atoms with E-state index in [0.29, 0.717) is 55.6 Å². The summed E-state index contributed by atoms with van der Waals surface area (Å²) in [7, 11) is 1.31. The van der Waals surface area contributed by atoms with Crippen LogP contribution in [0.4, 0.5) is 35.5 Å². The maximum absolute atomic E-state index is 13.9. The average Bonchev–Trinajstić information content (AvgIpc) is 3.41. The zero-order valence-electron chi connectivity index (χ0n) is 23.2. The molecular formula is C29H31F7N3O3-. The topological polar surface area (TPSA) is 66.9 Å². The van der Waals surface area contributed by atoms with Crippen LogP contribution in [0.25, 0.3) is 0 Å². The van der Waals surface area contributed by atoms with E-state index in [2.05, 4.69) is 0 Å². The summed E-state index contributed by atoms with van der Waals surface area (Å²) in [5.74, 6) is -2.22. The standard InChI is InChI=1S/C29H32F7N3O3/c1-16-10-22(30)4-5-24(16)25-14-23(38-8-6-18(15-38)26(40)41)7-9-39(25)27(42)37(3)17(2)19-11-20(28(31,32)33)13-21(12-19)29(34,35)36/h4-5,10-13,17-18,23,25H,6-9,14-15H2,1-3H3,(H,40,41)/p-1/t17-,18?,23?,25?/m1/s1. The molecule has 4 rings (SSSR count). The van der Waals surface area contributed by atoms with Crippen molar-refractivity contribution >= 4 is 12.0 Å². The summed E-state index contributed by atoms with van der Waals surface area (Å²) in [6, 6.07) is 2.91. The molecule has 2 aromatic carbocycles. The van der Waals surface area contributed by atoms with E-state index in [1.165, 1.54) is 31.0 Å². The predicted molar refractivity (Wildman–Crippen MR) is 136 cm³/mol. The number of hydrogen-bond acceptors (Lipinski definition) is 4. The Morgan fingerprint density at radius 2 is 1.60 bits per heavy atom. The van der Waals surface area contributed by atoms with Gasteiger partial charge in [0.05, 0.1) is 23.2 Å². The van der Waals surface area contributed by atoms with Crippen LogP contribution in [0.5, 0.6) is 0 Å². The summed E-state index contributed by atoms with van der Waals surface area (Å²) in [6.07, 6.45) is -8.79. The molecule has 230 valence electrons. The quantitative estimate of drug-likeness (QED) is 0.421. The van der Waals surface area contributed by atoms with Gasteiger partial charge in [0.2, 0.25) is 0 Å². The number of carboxylic acids is 1. The zero-order chi connectivity index (χ0) is 31.1. The number of hydrogen-bond donors (Lipinski definition) is 0. The summed E-state index contributed by atoms with van der Waals surface area (Å²) >= 11 is 0. The van der Waals surface area contributed by atoms with Gasteiger partial charge in [0.25, 0.3) is 0 Å². The van der Waals surface area contributed by atoms with Gasteiger partial charge in [-0.25, -0.2) is 9.18 Å². The number of benzene rings is 2. The normalized spacial score (nSPS) is 22.7. The highest BCUT2D eigenvalue weighted by Crippen LogP contribution is 2.40. The number of halogens is 7. The van der Waals surface area contributed by atoms with Crippen LogP contribution in [0.1, 0.15) is 66.1 Å². The van der Waals surface area contributed by atoms with E-state index in [-0.39, 0.29) is 24.2 Å². The molecule has 2 amide bonds. The Bertz CT molecular complexity index is 1300. The number of piperidine rings is 1. The molecule has 4 atom stereocenters. The van der Waals surface area contributed by atoms with Crippen molar-refractivity contribution in [2.24, 2.45) is 5.92 Å². The van der Waals surface area contributed by atoms with E-state index in [1.807, 2.05) is 4.90 Å². The summed E-state index contributed by atoms with van der Waals surface area (Å²) in [6.45, 7) is 4.04. The maximum Gasteiger partial charge on any atom is 0.416 e. The molecule has 0 aliphatic carbocycles. The third-order valence-corrected chi connectivity index (χ3v) is 8.46. The van der Waals surface area contributed by atoms with E-state index in [1.54, 1.807) is 13.0 Å². The van der Waals surface area contributed by atoms with Gasteiger partial charge in [0.15, 0.2) is 0 Å². The van der Waals surface area contributed by atoms with Crippen LogP contribution in [-0.4, -0.2) is 59.4 Å². The summed E-state index contributed by atoms with van der Waals surface area (Å²) in [4.78, 5) is 29.9. The molecule has 2 heterocycles. The van der Waals surface area contributed by atoms with Crippen molar-refractivity contribution in [1.29, 1.82) is 0 Å². The maximum atomic E-state index is 13.9. The molecule has 2 aromatic rings. The van der Waals surface area contributed by atoms with Crippen molar-refractivity contribution in [2.45, 2.75) is 63.6 Å². The molecule has 0 saturated carbocycles. The van der Waals surface area contributed by atoms with Gasteiger partial charge >= 0.3 is 18.4 Å². The van der Waals surface area contributed by atoms with E-state index in [9.17, 15) is 45.4 Å². The van der Waals surface area contributed by atoms with Gasteiger partial charge in [-0.2, -0.15) is 26.3 Å². The smallest absolute Gasteiger partial charge is 0.416 e. The number of nitrogens with zero attached hydrogens (tertiary/aromatic N) is 3. The first-order valence-electron chi connectivity index (χ1n) is 13.5. The lowest BCUT2D eigenvalue weighted by atomic mass is 9.88. The van der Waals surface area contributed by atoms with Crippen molar-refractivity contribution in [3.05, 3.63) is 70.0 Å². The Labute approximate surface area is 238 Å². The molecule has 13 heteroatoms. The Hall–Kier alpha value is -3.35. The number of likely N-dealkylation sites (tertiary alicyclic amines) is 2. The summed E-state index contributed by atoms with van der Waals surface area (Å²) in [5, 5.41) is 11.4. The second-order valence-electron chi connectivity index (χ2n) is 11.1. The first kappa shape index (κ1) is 31.6. The highest BCUT2D eigenvalue weighted by atomic mass is 19.4. The Morgan fingerprint density at radius 1 is 0.976 bits per heavy atom. The molecule has 2 saturated heterocycles. The first-order chi connectivity index (χ1) is 19.5. The molecule has 2 aliphatic rings. The SMILES string of the molecule is Cc1cc(F)ccc1C1CC(N2CCC(C(=O)[O-])C2)CCN1C(=O)N(C)[C@H](C)c1cc(C(F)(F)F)cc(C(F)(F)F)c1. The summed E-state index contributed by atoms with van der Waals surface area (Å²) in [5.41, 5.74) is -2.06. The number of urea groups is 1. The second-order valence-corrected chi connectivity index (χ2v) is 11.1. The number of aryl methyl sites for hydroxylation is 1.